The molecule has 116 valence electrons. The van der Waals surface area contributed by atoms with Gasteiger partial charge in [0.05, 0.1) is 12.3 Å². The van der Waals surface area contributed by atoms with Crippen LogP contribution >= 0.6 is 0 Å². The summed E-state index contributed by atoms with van der Waals surface area (Å²) in [5.41, 5.74) is 2.26. The first kappa shape index (κ1) is 15.0. The molecule has 0 aromatic carbocycles. The van der Waals surface area contributed by atoms with Gasteiger partial charge in [-0.05, 0) is 57.0 Å². The van der Waals surface area contributed by atoms with E-state index >= 15 is 0 Å². The lowest BCUT2D eigenvalue weighted by molar-refractivity contribution is 0.133. The highest BCUT2D eigenvalue weighted by atomic mass is 16.5. The minimum absolute atomic E-state index is 0.626. The summed E-state index contributed by atoms with van der Waals surface area (Å²) in [4.78, 5) is 11.2. The zero-order chi connectivity index (χ0) is 15.2. The van der Waals surface area contributed by atoms with Gasteiger partial charge in [0.1, 0.15) is 0 Å². The molecule has 1 aliphatic heterocycles. The molecule has 0 unspecified atom stereocenters. The third-order valence-corrected chi connectivity index (χ3v) is 4.24. The largest absolute Gasteiger partial charge is 0.477 e. The van der Waals surface area contributed by atoms with Crippen molar-refractivity contribution < 1.29 is 4.74 Å². The van der Waals surface area contributed by atoms with Crippen molar-refractivity contribution in [2.75, 3.05) is 19.7 Å². The Hall–Kier alpha value is -1.94. The number of aromatic nitrogens is 2. The van der Waals surface area contributed by atoms with Crippen LogP contribution in [-0.2, 0) is 6.54 Å². The van der Waals surface area contributed by atoms with Crippen LogP contribution in [0.1, 0.15) is 24.1 Å². The summed E-state index contributed by atoms with van der Waals surface area (Å²) in [6, 6.07) is 10.1. The van der Waals surface area contributed by atoms with Gasteiger partial charge in [-0.1, -0.05) is 12.1 Å². The molecule has 4 nitrogen and oxygen atoms in total. The maximum absolute atomic E-state index is 5.89. The van der Waals surface area contributed by atoms with Crippen LogP contribution in [0.2, 0.25) is 0 Å². The predicted molar refractivity (Wildman–Crippen MR) is 86.7 cm³/mol. The van der Waals surface area contributed by atoms with E-state index in [1.807, 2.05) is 31.3 Å². The molecule has 0 radical (unpaired) electrons. The number of hydrogen-bond donors (Lipinski definition) is 0. The zero-order valence-corrected chi connectivity index (χ0v) is 13.1. The van der Waals surface area contributed by atoms with E-state index < -0.39 is 0 Å². The minimum atomic E-state index is 0.626. The number of ether oxygens (including phenoxy) is 1. The topological polar surface area (TPSA) is 38.2 Å². The van der Waals surface area contributed by atoms with Crippen molar-refractivity contribution >= 4 is 0 Å². The highest BCUT2D eigenvalue weighted by Gasteiger charge is 2.20. The van der Waals surface area contributed by atoms with Gasteiger partial charge in [-0.25, -0.2) is 4.98 Å². The lowest BCUT2D eigenvalue weighted by Gasteiger charge is -2.31. The Bertz CT molecular complexity index is 580. The normalized spacial score (nSPS) is 16.6. The highest BCUT2D eigenvalue weighted by molar-refractivity contribution is 5.23. The van der Waals surface area contributed by atoms with Crippen molar-refractivity contribution in [1.82, 2.24) is 14.9 Å². The van der Waals surface area contributed by atoms with Crippen LogP contribution in [0.4, 0.5) is 0 Å². The molecule has 2 aromatic rings. The third kappa shape index (κ3) is 4.04. The fourth-order valence-electron chi connectivity index (χ4n) is 2.85. The van der Waals surface area contributed by atoms with E-state index in [1.54, 1.807) is 6.20 Å². The lowest BCUT2D eigenvalue weighted by Crippen LogP contribution is -2.35. The van der Waals surface area contributed by atoms with Crippen molar-refractivity contribution in [3.8, 4) is 5.88 Å². The summed E-state index contributed by atoms with van der Waals surface area (Å²) in [6.07, 6.45) is 6.01. The molecule has 0 aliphatic carbocycles. The Morgan fingerprint density at radius 2 is 1.91 bits per heavy atom. The molecular formula is C18H23N3O. The first-order valence-electron chi connectivity index (χ1n) is 7.98. The van der Waals surface area contributed by atoms with Gasteiger partial charge >= 0.3 is 0 Å². The summed E-state index contributed by atoms with van der Waals surface area (Å²) in [6.45, 7) is 6.00. The Morgan fingerprint density at radius 3 is 2.64 bits per heavy atom. The van der Waals surface area contributed by atoms with Crippen LogP contribution in [0.5, 0.6) is 5.88 Å². The van der Waals surface area contributed by atoms with Crippen LogP contribution in [0.3, 0.4) is 0 Å². The Labute approximate surface area is 132 Å². The lowest BCUT2D eigenvalue weighted by atomic mass is 9.97. The maximum Gasteiger partial charge on any atom is 0.216 e. The minimum Gasteiger partial charge on any atom is -0.477 e. The number of rotatable bonds is 5. The van der Waals surface area contributed by atoms with Crippen molar-refractivity contribution in [2.24, 2.45) is 5.92 Å². The summed E-state index contributed by atoms with van der Waals surface area (Å²) < 4.78 is 5.89. The molecule has 3 rings (SSSR count). The highest BCUT2D eigenvalue weighted by Crippen LogP contribution is 2.21. The van der Waals surface area contributed by atoms with Gasteiger partial charge in [-0.2, -0.15) is 0 Å². The number of nitrogens with zero attached hydrogens (tertiary/aromatic N) is 3. The standard InChI is InChI=1S/C18H23N3O/c1-15-5-4-10-20-18(15)22-14-16-7-11-21(12-8-16)13-17-6-2-3-9-19-17/h2-6,9-10,16H,7-8,11-14H2,1H3. The van der Waals surface area contributed by atoms with Crippen LogP contribution in [0, 0.1) is 12.8 Å². The summed E-state index contributed by atoms with van der Waals surface area (Å²) in [7, 11) is 0. The predicted octanol–water partition coefficient (Wildman–Crippen LogP) is 3.08. The first-order valence-corrected chi connectivity index (χ1v) is 7.98. The molecule has 0 bridgehead atoms. The van der Waals surface area contributed by atoms with E-state index in [4.69, 9.17) is 4.74 Å². The number of likely N-dealkylation sites (tertiary alicyclic amines) is 1. The zero-order valence-electron chi connectivity index (χ0n) is 13.1. The monoisotopic (exact) mass is 297 g/mol. The second-order valence-corrected chi connectivity index (χ2v) is 5.98. The first-order chi connectivity index (χ1) is 10.8. The van der Waals surface area contributed by atoms with Gasteiger partial charge in [0.2, 0.25) is 5.88 Å². The second-order valence-electron chi connectivity index (χ2n) is 5.98. The molecule has 1 aliphatic rings. The molecule has 0 atom stereocenters. The van der Waals surface area contributed by atoms with E-state index in [0.717, 1.165) is 43.4 Å². The van der Waals surface area contributed by atoms with E-state index in [9.17, 15) is 0 Å². The average molecular weight is 297 g/mol. The van der Waals surface area contributed by atoms with E-state index in [0.29, 0.717) is 5.92 Å². The van der Waals surface area contributed by atoms with E-state index in [1.165, 1.54) is 12.8 Å². The number of aryl methyl sites for hydroxylation is 1. The molecule has 3 heterocycles. The van der Waals surface area contributed by atoms with Crippen molar-refractivity contribution in [2.45, 2.75) is 26.3 Å². The van der Waals surface area contributed by atoms with E-state index in [-0.39, 0.29) is 0 Å². The molecule has 22 heavy (non-hydrogen) atoms. The molecule has 0 amide bonds. The maximum atomic E-state index is 5.89. The molecule has 0 saturated carbocycles. The number of pyridine rings is 2. The van der Waals surface area contributed by atoms with Crippen LogP contribution in [0.25, 0.3) is 0 Å². The summed E-state index contributed by atoms with van der Waals surface area (Å²) >= 11 is 0. The molecule has 2 aromatic heterocycles. The Balaban J connectivity index is 1.43. The molecule has 1 saturated heterocycles. The SMILES string of the molecule is Cc1cccnc1OCC1CCN(Cc2ccccn2)CC1. The van der Waals surface area contributed by atoms with Gasteiger partial charge < -0.3 is 4.74 Å². The van der Waals surface area contributed by atoms with Gasteiger partial charge in [0.15, 0.2) is 0 Å². The van der Waals surface area contributed by atoms with Crippen molar-refractivity contribution in [1.29, 1.82) is 0 Å². The fourth-order valence-corrected chi connectivity index (χ4v) is 2.85. The third-order valence-electron chi connectivity index (χ3n) is 4.24. The van der Waals surface area contributed by atoms with E-state index in [2.05, 4.69) is 27.0 Å². The van der Waals surface area contributed by atoms with Gasteiger partial charge in [-0.15, -0.1) is 0 Å². The van der Waals surface area contributed by atoms with Crippen molar-refractivity contribution in [3.63, 3.8) is 0 Å². The molecule has 0 spiro atoms. The number of piperidine rings is 1. The van der Waals surface area contributed by atoms with Crippen LogP contribution in [0.15, 0.2) is 42.7 Å². The van der Waals surface area contributed by atoms with Gasteiger partial charge in [-0.3, -0.25) is 9.88 Å². The fraction of sp³-hybridized carbons (Fsp3) is 0.444. The van der Waals surface area contributed by atoms with Crippen LogP contribution in [-0.4, -0.2) is 34.6 Å². The molecule has 4 heteroatoms. The molecule has 1 fully saturated rings. The summed E-state index contributed by atoms with van der Waals surface area (Å²) in [5, 5.41) is 0. The van der Waals surface area contributed by atoms with Crippen LogP contribution < -0.4 is 4.74 Å². The molecular weight excluding hydrogens is 274 g/mol. The second kappa shape index (κ2) is 7.36. The molecule has 0 N–H and O–H groups in total. The van der Waals surface area contributed by atoms with Gasteiger partial charge in [0.25, 0.3) is 0 Å². The number of hydrogen-bond acceptors (Lipinski definition) is 4. The van der Waals surface area contributed by atoms with Gasteiger partial charge in [0, 0.05) is 24.5 Å². The summed E-state index contributed by atoms with van der Waals surface area (Å²) in [5.74, 6) is 1.40. The quantitative estimate of drug-likeness (QED) is 0.850. The Morgan fingerprint density at radius 1 is 1.09 bits per heavy atom. The Kier molecular flexibility index (Phi) is 5.01. The van der Waals surface area contributed by atoms with Crippen molar-refractivity contribution in [3.05, 3.63) is 54.0 Å². The smallest absolute Gasteiger partial charge is 0.216 e. The average Bonchev–Trinajstić information content (AvgIpc) is 2.56.